The summed E-state index contributed by atoms with van der Waals surface area (Å²) in [5.74, 6) is -0.696. The number of amides is 1. The van der Waals surface area contributed by atoms with E-state index in [0.717, 1.165) is 0 Å². The van der Waals surface area contributed by atoms with Gasteiger partial charge >= 0.3 is 5.97 Å². The Balaban J connectivity index is 3.36. The Morgan fingerprint density at radius 3 is 2.87 bits per heavy atom. The van der Waals surface area contributed by atoms with Crippen molar-refractivity contribution >= 4 is 11.9 Å². The highest BCUT2D eigenvalue weighted by molar-refractivity contribution is 5.81. The third-order valence-electron chi connectivity index (χ3n) is 1.43. The number of esters is 1. The van der Waals surface area contributed by atoms with Gasteiger partial charge < -0.3 is 10.1 Å². The lowest BCUT2D eigenvalue weighted by Crippen LogP contribution is -2.24. The smallest absolute Gasteiger partial charge is 0.330 e. The van der Waals surface area contributed by atoms with E-state index in [1.807, 2.05) is 0 Å². The minimum atomic E-state index is -0.388. The molecule has 0 bridgehead atoms. The summed E-state index contributed by atoms with van der Waals surface area (Å²) in [5, 5.41) is 10.7. The molecule has 5 nitrogen and oxygen atoms in total. The highest BCUT2D eigenvalue weighted by atomic mass is 16.5. The molecule has 0 heterocycles. The minimum absolute atomic E-state index is 0.141. The van der Waals surface area contributed by atoms with Crippen LogP contribution in [0.15, 0.2) is 12.2 Å². The van der Waals surface area contributed by atoms with Crippen LogP contribution in [0.3, 0.4) is 0 Å². The molecule has 0 aliphatic carbocycles. The average molecular weight is 210 g/mol. The van der Waals surface area contributed by atoms with Crippen molar-refractivity contribution in [3.63, 3.8) is 0 Å². The van der Waals surface area contributed by atoms with Gasteiger partial charge in [0.05, 0.1) is 12.7 Å². The summed E-state index contributed by atoms with van der Waals surface area (Å²) in [7, 11) is 0. The number of ether oxygens (including phenoxy) is 1. The summed E-state index contributed by atoms with van der Waals surface area (Å²) in [6.07, 6.45) is 3.32. The van der Waals surface area contributed by atoms with Crippen LogP contribution < -0.4 is 5.32 Å². The first-order chi connectivity index (χ1) is 7.20. The Morgan fingerprint density at radius 2 is 2.27 bits per heavy atom. The molecule has 5 heteroatoms. The van der Waals surface area contributed by atoms with Gasteiger partial charge in [-0.05, 0) is 13.3 Å². The van der Waals surface area contributed by atoms with Crippen molar-refractivity contribution in [1.82, 2.24) is 5.32 Å². The fraction of sp³-hybridized carbons (Fsp3) is 0.500. The predicted molar refractivity (Wildman–Crippen MR) is 53.6 cm³/mol. The summed E-state index contributed by atoms with van der Waals surface area (Å²) in [4.78, 5) is 21.6. The number of nitrogens with zero attached hydrogens (tertiary/aromatic N) is 1. The zero-order chi connectivity index (χ0) is 11.5. The maximum absolute atomic E-state index is 10.8. The summed E-state index contributed by atoms with van der Waals surface area (Å²) in [5.41, 5.74) is 0. The number of carbonyl (C=O) groups excluding carboxylic acids is 2. The lowest BCUT2D eigenvalue weighted by atomic mass is 10.4. The Kier molecular flexibility index (Phi) is 7.69. The molecule has 1 N–H and O–H groups in total. The van der Waals surface area contributed by atoms with Crippen LogP contribution in [0.2, 0.25) is 0 Å². The zero-order valence-electron chi connectivity index (χ0n) is 8.66. The van der Waals surface area contributed by atoms with E-state index in [9.17, 15) is 9.59 Å². The maximum atomic E-state index is 10.8. The molecule has 0 aromatic heterocycles. The number of rotatable bonds is 6. The Hall–Kier alpha value is -1.83. The number of hydrogen-bond acceptors (Lipinski definition) is 4. The molecule has 0 saturated heterocycles. The minimum Gasteiger partial charge on any atom is -0.462 e. The summed E-state index contributed by atoms with van der Waals surface area (Å²) in [6.45, 7) is 2.39. The van der Waals surface area contributed by atoms with E-state index in [0.29, 0.717) is 13.0 Å². The van der Waals surface area contributed by atoms with Crippen molar-refractivity contribution < 1.29 is 14.3 Å². The molecule has 0 aromatic rings. The van der Waals surface area contributed by atoms with Crippen molar-refractivity contribution in [3.8, 4) is 6.07 Å². The van der Waals surface area contributed by atoms with Crippen LogP contribution in [0.4, 0.5) is 0 Å². The quantitative estimate of drug-likeness (QED) is 0.394. The first-order valence-corrected chi connectivity index (χ1v) is 4.63. The Labute approximate surface area is 88.7 Å². The summed E-state index contributed by atoms with van der Waals surface area (Å²) < 4.78 is 4.78. The molecule has 0 rings (SSSR count). The van der Waals surface area contributed by atoms with Crippen LogP contribution in [0, 0.1) is 11.3 Å². The van der Waals surface area contributed by atoms with Crippen LogP contribution >= 0.6 is 0 Å². The highest BCUT2D eigenvalue weighted by Crippen LogP contribution is 1.85. The third-order valence-corrected chi connectivity index (χ3v) is 1.43. The molecule has 0 fully saturated rings. The molecule has 0 aliphatic heterocycles. The molecule has 15 heavy (non-hydrogen) atoms. The molecule has 0 atom stereocenters. The van der Waals surface area contributed by atoms with E-state index in [1.54, 1.807) is 19.1 Å². The predicted octanol–water partition coefficient (Wildman–Crippen LogP) is 0.526. The zero-order valence-corrected chi connectivity index (χ0v) is 8.66. The van der Waals surface area contributed by atoms with E-state index in [-0.39, 0.29) is 24.9 Å². The average Bonchev–Trinajstić information content (AvgIpc) is 2.18. The van der Waals surface area contributed by atoms with Crippen molar-refractivity contribution in [1.29, 1.82) is 5.26 Å². The van der Waals surface area contributed by atoms with Gasteiger partial charge in [0.1, 0.15) is 6.42 Å². The first-order valence-electron chi connectivity index (χ1n) is 4.63. The number of nitriles is 1. The fourth-order valence-corrected chi connectivity index (χ4v) is 0.791. The molecular formula is C10H14N2O3. The van der Waals surface area contributed by atoms with E-state index in [1.165, 1.54) is 6.08 Å². The molecular weight excluding hydrogens is 196 g/mol. The van der Waals surface area contributed by atoms with Crippen LogP contribution in [-0.2, 0) is 14.3 Å². The standard InChI is InChI=1S/C10H14N2O3/c1-2-4-10(14)15-8-3-7-12-9(13)5-6-11/h2,4H,3,5,7-8H2,1H3,(H,12,13). The molecule has 0 aromatic carbocycles. The third kappa shape index (κ3) is 8.50. The molecule has 82 valence electrons. The van der Waals surface area contributed by atoms with Crippen molar-refractivity contribution in [2.45, 2.75) is 19.8 Å². The monoisotopic (exact) mass is 210 g/mol. The van der Waals surface area contributed by atoms with Gasteiger partial charge in [-0.2, -0.15) is 5.26 Å². The van der Waals surface area contributed by atoms with Gasteiger partial charge in [-0.15, -0.1) is 0 Å². The van der Waals surface area contributed by atoms with Gasteiger partial charge in [-0.3, -0.25) is 4.79 Å². The molecule has 0 radical (unpaired) electrons. The number of nitrogens with one attached hydrogen (secondary N) is 1. The molecule has 1 amide bonds. The Bertz CT molecular complexity index is 279. The second-order valence-corrected chi connectivity index (χ2v) is 2.71. The van der Waals surface area contributed by atoms with E-state index in [2.05, 4.69) is 5.32 Å². The van der Waals surface area contributed by atoms with Gasteiger partial charge in [0.15, 0.2) is 0 Å². The lowest BCUT2D eigenvalue weighted by molar-refractivity contribution is -0.137. The van der Waals surface area contributed by atoms with Gasteiger partial charge in [-0.1, -0.05) is 6.08 Å². The number of hydrogen-bond donors (Lipinski definition) is 1. The van der Waals surface area contributed by atoms with E-state index >= 15 is 0 Å². The van der Waals surface area contributed by atoms with Gasteiger partial charge in [0.25, 0.3) is 0 Å². The second kappa shape index (κ2) is 8.75. The normalized spacial score (nSPS) is 9.60. The summed E-state index contributed by atoms with van der Waals surface area (Å²) >= 11 is 0. The Morgan fingerprint density at radius 1 is 1.53 bits per heavy atom. The van der Waals surface area contributed by atoms with Crippen LogP contribution in [0.1, 0.15) is 19.8 Å². The molecule has 0 aliphatic rings. The SMILES string of the molecule is CC=CC(=O)OCCCNC(=O)CC#N. The topological polar surface area (TPSA) is 79.2 Å². The van der Waals surface area contributed by atoms with Gasteiger partial charge in [0.2, 0.25) is 5.91 Å². The fourth-order valence-electron chi connectivity index (χ4n) is 0.791. The van der Waals surface area contributed by atoms with Gasteiger partial charge in [-0.25, -0.2) is 4.79 Å². The van der Waals surface area contributed by atoms with E-state index < -0.39 is 0 Å². The lowest BCUT2D eigenvalue weighted by Gasteiger charge is -2.03. The number of allylic oxidation sites excluding steroid dienone is 1. The number of carbonyl (C=O) groups is 2. The molecule has 0 saturated carbocycles. The van der Waals surface area contributed by atoms with Crippen LogP contribution in [-0.4, -0.2) is 25.0 Å². The van der Waals surface area contributed by atoms with Crippen LogP contribution in [0.25, 0.3) is 0 Å². The summed E-state index contributed by atoms with van der Waals surface area (Å²) in [6, 6.07) is 1.74. The van der Waals surface area contributed by atoms with E-state index in [4.69, 9.17) is 10.00 Å². The highest BCUT2D eigenvalue weighted by Gasteiger charge is 1.99. The van der Waals surface area contributed by atoms with Crippen molar-refractivity contribution in [2.75, 3.05) is 13.2 Å². The largest absolute Gasteiger partial charge is 0.462 e. The first kappa shape index (κ1) is 13.2. The van der Waals surface area contributed by atoms with Gasteiger partial charge in [0, 0.05) is 12.6 Å². The maximum Gasteiger partial charge on any atom is 0.330 e. The van der Waals surface area contributed by atoms with Crippen molar-refractivity contribution in [3.05, 3.63) is 12.2 Å². The molecule has 0 unspecified atom stereocenters. The second-order valence-electron chi connectivity index (χ2n) is 2.71. The van der Waals surface area contributed by atoms with Crippen LogP contribution in [0.5, 0.6) is 0 Å². The van der Waals surface area contributed by atoms with Crippen molar-refractivity contribution in [2.24, 2.45) is 0 Å². The molecule has 0 spiro atoms.